The van der Waals surface area contributed by atoms with Crippen LogP contribution in [0.5, 0.6) is 0 Å². The molecule has 2 aromatic heterocycles. The van der Waals surface area contributed by atoms with Crippen molar-refractivity contribution in [2.45, 2.75) is 6.54 Å². The third-order valence-corrected chi connectivity index (χ3v) is 3.08. The van der Waals surface area contributed by atoms with Crippen LogP contribution in [0.4, 0.5) is 0 Å². The first-order valence-electron chi connectivity index (χ1n) is 5.24. The van der Waals surface area contributed by atoms with E-state index in [0.29, 0.717) is 6.54 Å². The van der Waals surface area contributed by atoms with Crippen LogP contribution in [0.3, 0.4) is 0 Å². The summed E-state index contributed by atoms with van der Waals surface area (Å²) in [4.78, 5) is 16.9. The van der Waals surface area contributed by atoms with E-state index in [1.54, 1.807) is 23.6 Å². The number of carbonyl (C=O) groups excluding carboxylic acids is 1. The van der Waals surface area contributed by atoms with Gasteiger partial charge in [-0.15, -0.1) is 17.9 Å². The van der Waals surface area contributed by atoms with Crippen molar-refractivity contribution in [2.24, 2.45) is 0 Å². The monoisotopic (exact) mass is 247 g/mol. The van der Waals surface area contributed by atoms with Crippen LogP contribution < -0.4 is 5.32 Å². The van der Waals surface area contributed by atoms with Gasteiger partial charge in [0.05, 0.1) is 4.88 Å². The molecule has 0 spiro atoms. The van der Waals surface area contributed by atoms with Gasteiger partial charge in [-0.2, -0.15) is 0 Å². The van der Waals surface area contributed by atoms with E-state index in [9.17, 15) is 4.79 Å². The van der Waals surface area contributed by atoms with Crippen molar-refractivity contribution in [1.29, 1.82) is 0 Å². The fourth-order valence-electron chi connectivity index (χ4n) is 1.46. The first kappa shape index (κ1) is 11.6. The minimum Gasteiger partial charge on any atom is -0.351 e. The zero-order chi connectivity index (χ0) is 12.1. The highest BCUT2D eigenvalue weighted by Gasteiger charge is 2.09. The summed E-state index contributed by atoms with van der Waals surface area (Å²) in [5.41, 5.74) is 0. The van der Waals surface area contributed by atoms with Gasteiger partial charge in [-0.3, -0.25) is 4.79 Å². The van der Waals surface area contributed by atoms with Gasteiger partial charge in [-0.05, 0) is 11.4 Å². The molecule has 0 aliphatic heterocycles. The van der Waals surface area contributed by atoms with Crippen LogP contribution in [0.25, 0.3) is 10.7 Å². The predicted molar refractivity (Wildman–Crippen MR) is 68.7 cm³/mol. The number of nitrogens with zero attached hydrogens (tertiary/aromatic N) is 2. The molecule has 2 rings (SSSR count). The van der Waals surface area contributed by atoms with Crippen LogP contribution in [0.15, 0.2) is 42.6 Å². The number of carbonyl (C=O) groups is 1. The zero-order valence-electron chi connectivity index (χ0n) is 9.30. The summed E-state index contributed by atoms with van der Waals surface area (Å²) in [7, 11) is 0. The number of rotatable bonds is 5. The van der Waals surface area contributed by atoms with Crippen LogP contribution in [-0.2, 0) is 11.3 Å². The molecule has 17 heavy (non-hydrogen) atoms. The van der Waals surface area contributed by atoms with E-state index in [0.717, 1.165) is 10.7 Å². The molecule has 0 aromatic carbocycles. The third-order valence-electron chi connectivity index (χ3n) is 2.21. The first-order chi connectivity index (χ1) is 8.31. The zero-order valence-corrected chi connectivity index (χ0v) is 10.1. The molecule has 0 aliphatic carbocycles. The van der Waals surface area contributed by atoms with E-state index >= 15 is 0 Å². The third kappa shape index (κ3) is 2.82. The van der Waals surface area contributed by atoms with Gasteiger partial charge in [0.15, 0.2) is 0 Å². The summed E-state index contributed by atoms with van der Waals surface area (Å²) in [5.74, 6) is 0.787. The summed E-state index contributed by atoms with van der Waals surface area (Å²) in [6, 6.07) is 3.96. The molecule has 2 heterocycles. The van der Waals surface area contributed by atoms with E-state index < -0.39 is 0 Å². The minimum absolute atomic E-state index is 0.0410. The summed E-state index contributed by atoms with van der Waals surface area (Å²) in [5, 5.41) is 4.73. The fourth-order valence-corrected chi connectivity index (χ4v) is 2.20. The van der Waals surface area contributed by atoms with Gasteiger partial charge < -0.3 is 9.88 Å². The molecule has 4 nitrogen and oxygen atoms in total. The average Bonchev–Trinajstić information content (AvgIpc) is 2.95. The van der Waals surface area contributed by atoms with E-state index in [1.165, 1.54) is 0 Å². The Morgan fingerprint density at radius 1 is 1.65 bits per heavy atom. The van der Waals surface area contributed by atoms with Crippen LogP contribution in [0.1, 0.15) is 0 Å². The number of hydrogen-bond donors (Lipinski definition) is 1. The van der Waals surface area contributed by atoms with Crippen molar-refractivity contribution >= 4 is 17.2 Å². The second-order valence-electron chi connectivity index (χ2n) is 3.45. The van der Waals surface area contributed by atoms with Gasteiger partial charge in [-0.1, -0.05) is 12.1 Å². The number of imidazole rings is 1. The molecule has 0 bridgehead atoms. The van der Waals surface area contributed by atoms with Crippen LogP contribution in [-0.4, -0.2) is 22.0 Å². The second kappa shape index (κ2) is 5.45. The summed E-state index contributed by atoms with van der Waals surface area (Å²) >= 11 is 1.61. The maximum absolute atomic E-state index is 11.6. The van der Waals surface area contributed by atoms with E-state index in [1.807, 2.05) is 28.3 Å². The first-order valence-corrected chi connectivity index (χ1v) is 6.12. The Labute approximate surface area is 104 Å². The summed E-state index contributed by atoms with van der Waals surface area (Å²) in [6.45, 7) is 4.32. The second-order valence-corrected chi connectivity index (χ2v) is 4.40. The van der Waals surface area contributed by atoms with Gasteiger partial charge in [0, 0.05) is 18.9 Å². The fraction of sp³-hybridized carbons (Fsp3) is 0.167. The SMILES string of the molecule is C=CCNC(=O)Cn1ccnc1-c1cccs1. The van der Waals surface area contributed by atoms with Crippen molar-refractivity contribution in [2.75, 3.05) is 6.54 Å². The molecule has 5 heteroatoms. The minimum atomic E-state index is -0.0410. The van der Waals surface area contributed by atoms with Gasteiger partial charge in [-0.25, -0.2) is 4.98 Å². The maximum atomic E-state index is 11.6. The predicted octanol–water partition coefficient (Wildman–Crippen LogP) is 1.91. The van der Waals surface area contributed by atoms with Crippen LogP contribution in [0, 0.1) is 0 Å². The van der Waals surface area contributed by atoms with Crippen molar-refractivity contribution in [3.8, 4) is 10.7 Å². The Balaban J connectivity index is 2.09. The molecule has 0 aliphatic rings. The molecule has 0 saturated heterocycles. The quantitative estimate of drug-likeness (QED) is 0.820. The highest BCUT2D eigenvalue weighted by Crippen LogP contribution is 2.22. The van der Waals surface area contributed by atoms with Crippen molar-refractivity contribution < 1.29 is 4.79 Å². The highest BCUT2D eigenvalue weighted by atomic mass is 32.1. The summed E-state index contributed by atoms with van der Waals surface area (Å²) in [6.07, 6.45) is 5.17. The Morgan fingerprint density at radius 2 is 2.53 bits per heavy atom. The molecular weight excluding hydrogens is 234 g/mol. The molecule has 1 N–H and O–H groups in total. The topological polar surface area (TPSA) is 46.9 Å². The smallest absolute Gasteiger partial charge is 0.240 e. The number of nitrogens with one attached hydrogen (secondary N) is 1. The summed E-state index contributed by atoms with van der Waals surface area (Å²) < 4.78 is 1.84. The van der Waals surface area contributed by atoms with Crippen LogP contribution >= 0.6 is 11.3 Å². The highest BCUT2D eigenvalue weighted by molar-refractivity contribution is 7.13. The molecule has 0 fully saturated rings. The largest absolute Gasteiger partial charge is 0.351 e. The van der Waals surface area contributed by atoms with E-state index in [-0.39, 0.29) is 12.5 Å². The number of hydrogen-bond acceptors (Lipinski definition) is 3. The Kier molecular flexibility index (Phi) is 3.72. The maximum Gasteiger partial charge on any atom is 0.240 e. The van der Waals surface area contributed by atoms with Gasteiger partial charge >= 0.3 is 0 Å². The van der Waals surface area contributed by atoms with Crippen LogP contribution in [0.2, 0.25) is 0 Å². The number of thiophene rings is 1. The van der Waals surface area contributed by atoms with E-state index in [4.69, 9.17) is 0 Å². The lowest BCUT2D eigenvalue weighted by Crippen LogP contribution is -2.27. The van der Waals surface area contributed by atoms with Crippen molar-refractivity contribution in [1.82, 2.24) is 14.9 Å². The normalized spacial score (nSPS) is 10.1. The molecular formula is C12H13N3OS. The number of aromatic nitrogens is 2. The lowest BCUT2D eigenvalue weighted by atomic mass is 10.4. The van der Waals surface area contributed by atoms with Crippen molar-refractivity contribution in [3.05, 3.63) is 42.6 Å². The molecule has 2 aromatic rings. The molecule has 1 amide bonds. The lowest BCUT2D eigenvalue weighted by molar-refractivity contribution is -0.121. The lowest BCUT2D eigenvalue weighted by Gasteiger charge is -2.06. The molecule has 88 valence electrons. The Hall–Kier alpha value is -1.88. The molecule has 0 saturated carbocycles. The Bertz CT molecular complexity index is 502. The standard InChI is InChI=1S/C12H13N3OS/c1-2-5-13-11(16)9-15-7-6-14-12(15)10-4-3-8-17-10/h2-4,6-8H,1,5,9H2,(H,13,16). The van der Waals surface area contributed by atoms with Gasteiger partial charge in [0.2, 0.25) is 5.91 Å². The van der Waals surface area contributed by atoms with Crippen molar-refractivity contribution in [3.63, 3.8) is 0 Å². The molecule has 0 radical (unpaired) electrons. The number of amides is 1. The average molecular weight is 247 g/mol. The van der Waals surface area contributed by atoms with Gasteiger partial charge in [0.1, 0.15) is 12.4 Å². The Morgan fingerprint density at radius 3 is 3.24 bits per heavy atom. The van der Waals surface area contributed by atoms with E-state index in [2.05, 4.69) is 16.9 Å². The molecule has 0 unspecified atom stereocenters. The molecule has 0 atom stereocenters. The van der Waals surface area contributed by atoms with Gasteiger partial charge in [0.25, 0.3) is 0 Å².